The van der Waals surface area contributed by atoms with Crippen molar-refractivity contribution < 1.29 is 14.3 Å². The van der Waals surface area contributed by atoms with E-state index in [1.165, 1.54) is 0 Å². The quantitative estimate of drug-likeness (QED) is 0.839. The number of likely N-dealkylation sites (tertiary alicyclic amines) is 1. The van der Waals surface area contributed by atoms with Gasteiger partial charge in [0.25, 0.3) is 5.91 Å². The van der Waals surface area contributed by atoms with Crippen molar-refractivity contribution in [3.63, 3.8) is 0 Å². The maximum Gasteiger partial charge on any atom is 0.253 e. The Hall–Kier alpha value is -2.12. The number of nitrogens with zero attached hydrogens (tertiary/aromatic N) is 2. The van der Waals surface area contributed by atoms with Gasteiger partial charge in [-0.15, -0.1) is 0 Å². The number of methoxy groups -OCH3 is 1. The lowest BCUT2D eigenvalue weighted by Gasteiger charge is -2.28. The first kappa shape index (κ1) is 18.7. The second-order valence-corrected chi connectivity index (χ2v) is 6.97. The van der Waals surface area contributed by atoms with Crippen LogP contribution in [0.1, 0.15) is 36.0 Å². The molecular weight excluding hydrogens is 332 g/mol. The van der Waals surface area contributed by atoms with E-state index in [2.05, 4.69) is 10.9 Å². The van der Waals surface area contributed by atoms with Crippen molar-refractivity contribution in [2.75, 3.05) is 33.8 Å². The van der Waals surface area contributed by atoms with Crippen molar-refractivity contribution in [1.29, 1.82) is 0 Å². The molecule has 1 aromatic carbocycles. The van der Waals surface area contributed by atoms with E-state index in [-0.39, 0.29) is 23.9 Å². The fourth-order valence-electron chi connectivity index (χ4n) is 3.70. The topological polar surface area (TPSA) is 73.9 Å². The Morgan fingerprint density at radius 2 is 2.08 bits per heavy atom. The predicted octanol–water partition coefficient (Wildman–Crippen LogP) is 1.01. The highest BCUT2D eigenvalue weighted by atomic mass is 16.5. The molecular formula is C19H28N4O3. The predicted molar refractivity (Wildman–Crippen MR) is 98.8 cm³/mol. The highest BCUT2D eigenvalue weighted by Crippen LogP contribution is 2.20. The van der Waals surface area contributed by atoms with Crippen LogP contribution in [0.3, 0.4) is 0 Å². The van der Waals surface area contributed by atoms with Gasteiger partial charge in [-0.2, -0.15) is 0 Å². The standard InChI is InChI=1S/C19H28N4O3/c1-22(18(24)14-5-3-7-16(13-14)26-2)15-6-4-11-23(12-9-15)19(25)17-8-10-20-21-17/h3,5,7,13,15,17,20-21H,4,6,8-12H2,1-2H3. The summed E-state index contributed by atoms with van der Waals surface area (Å²) in [6.45, 7) is 2.27. The van der Waals surface area contributed by atoms with Crippen LogP contribution in [0.2, 0.25) is 0 Å². The molecule has 7 nitrogen and oxygen atoms in total. The lowest BCUT2D eigenvalue weighted by molar-refractivity contribution is -0.133. The zero-order valence-corrected chi connectivity index (χ0v) is 15.5. The van der Waals surface area contributed by atoms with Crippen LogP contribution in [0.15, 0.2) is 24.3 Å². The zero-order valence-electron chi connectivity index (χ0n) is 15.5. The first-order chi connectivity index (χ1) is 12.6. The molecule has 0 aliphatic carbocycles. The molecule has 26 heavy (non-hydrogen) atoms. The molecule has 7 heteroatoms. The van der Waals surface area contributed by atoms with Crippen LogP contribution in [0.5, 0.6) is 5.75 Å². The van der Waals surface area contributed by atoms with Gasteiger partial charge in [0.05, 0.1) is 7.11 Å². The van der Waals surface area contributed by atoms with Gasteiger partial charge in [-0.05, 0) is 43.9 Å². The largest absolute Gasteiger partial charge is 0.497 e. The molecule has 2 unspecified atom stereocenters. The molecule has 1 aromatic rings. The third-order valence-electron chi connectivity index (χ3n) is 5.33. The molecule has 0 spiro atoms. The fourth-order valence-corrected chi connectivity index (χ4v) is 3.70. The number of benzene rings is 1. The summed E-state index contributed by atoms with van der Waals surface area (Å²) in [6, 6.07) is 7.26. The van der Waals surface area contributed by atoms with Crippen molar-refractivity contribution >= 4 is 11.8 Å². The summed E-state index contributed by atoms with van der Waals surface area (Å²) in [5, 5.41) is 0. The van der Waals surface area contributed by atoms with Gasteiger partial charge in [0.2, 0.25) is 5.91 Å². The summed E-state index contributed by atoms with van der Waals surface area (Å²) < 4.78 is 5.21. The molecule has 0 aromatic heterocycles. The van der Waals surface area contributed by atoms with E-state index in [0.717, 1.165) is 38.8 Å². The molecule has 3 rings (SSSR count). The summed E-state index contributed by atoms with van der Waals surface area (Å²) in [7, 11) is 3.45. The molecule has 2 N–H and O–H groups in total. The zero-order chi connectivity index (χ0) is 18.5. The van der Waals surface area contributed by atoms with Gasteiger partial charge in [-0.1, -0.05) is 6.07 Å². The summed E-state index contributed by atoms with van der Waals surface area (Å²) in [4.78, 5) is 29.2. The normalized spacial score (nSPS) is 23.4. The number of hydrazine groups is 1. The van der Waals surface area contributed by atoms with Crippen molar-refractivity contribution in [2.45, 2.75) is 37.8 Å². The summed E-state index contributed by atoms with van der Waals surface area (Å²) in [5.74, 6) is 0.840. The third kappa shape index (κ3) is 4.16. The number of hydrogen-bond donors (Lipinski definition) is 2. The number of nitrogens with one attached hydrogen (secondary N) is 2. The average molecular weight is 360 g/mol. The van der Waals surface area contributed by atoms with Crippen molar-refractivity contribution in [3.05, 3.63) is 29.8 Å². The van der Waals surface area contributed by atoms with E-state index in [1.54, 1.807) is 13.2 Å². The molecule has 2 saturated heterocycles. The molecule has 2 atom stereocenters. The van der Waals surface area contributed by atoms with Gasteiger partial charge in [-0.3, -0.25) is 15.0 Å². The van der Waals surface area contributed by atoms with E-state index in [4.69, 9.17) is 4.74 Å². The average Bonchev–Trinajstić information content (AvgIpc) is 3.11. The molecule has 0 bridgehead atoms. The van der Waals surface area contributed by atoms with Crippen molar-refractivity contribution in [1.82, 2.24) is 20.7 Å². The number of hydrogen-bond acceptors (Lipinski definition) is 5. The summed E-state index contributed by atoms with van der Waals surface area (Å²) >= 11 is 0. The van der Waals surface area contributed by atoms with Crippen molar-refractivity contribution in [2.24, 2.45) is 0 Å². The van der Waals surface area contributed by atoms with Crippen LogP contribution in [0, 0.1) is 0 Å². The first-order valence-electron chi connectivity index (χ1n) is 9.28. The Kier molecular flexibility index (Phi) is 6.11. The maximum atomic E-state index is 12.8. The minimum Gasteiger partial charge on any atom is -0.497 e. The number of ether oxygens (including phenoxy) is 1. The number of rotatable bonds is 4. The minimum atomic E-state index is -0.123. The molecule has 0 saturated carbocycles. The van der Waals surface area contributed by atoms with Gasteiger partial charge in [0.1, 0.15) is 11.8 Å². The van der Waals surface area contributed by atoms with E-state index >= 15 is 0 Å². The Balaban J connectivity index is 1.60. The highest BCUT2D eigenvalue weighted by Gasteiger charge is 2.30. The molecule has 2 aliphatic rings. The molecule has 0 radical (unpaired) electrons. The van der Waals surface area contributed by atoms with Crippen LogP contribution in [-0.2, 0) is 4.79 Å². The monoisotopic (exact) mass is 360 g/mol. The molecule has 2 heterocycles. The maximum absolute atomic E-state index is 12.8. The van der Waals surface area contributed by atoms with Crippen LogP contribution in [0.4, 0.5) is 0 Å². The van der Waals surface area contributed by atoms with E-state index < -0.39 is 0 Å². The van der Waals surface area contributed by atoms with Gasteiger partial charge in [0.15, 0.2) is 0 Å². The minimum absolute atomic E-state index is 0.00432. The second-order valence-electron chi connectivity index (χ2n) is 6.97. The van der Waals surface area contributed by atoms with Gasteiger partial charge >= 0.3 is 0 Å². The Morgan fingerprint density at radius 3 is 2.81 bits per heavy atom. The van der Waals surface area contributed by atoms with Gasteiger partial charge < -0.3 is 14.5 Å². The second kappa shape index (κ2) is 8.51. The number of amides is 2. The van der Waals surface area contributed by atoms with Gasteiger partial charge in [0, 0.05) is 38.3 Å². The van der Waals surface area contributed by atoms with E-state index in [1.807, 2.05) is 35.0 Å². The SMILES string of the molecule is COc1cccc(C(=O)N(C)C2CCCN(C(=O)C3CCNN3)CC2)c1. The van der Waals surface area contributed by atoms with Crippen LogP contribution >= 0.6 is 0 Å². The molecule has 2 aliphatic heterocycles. The Morgan fingerprint density at radius 1 is 1.23 bits per heavy atom. The van der Waals surface area contributed by atoms with E-state index in [9.17, 15) is 9.59 Å². The van der Waals surface area contributed by atoms with Crippen LogP contribution in [0.25, 0.3) is 0 Å². The first-order valence-corrected chi connectivity index (χ1v) is 9.28. The van der Waals surface area contributed by atoms with E-state index in [0.29, 0.717) is 17.9 Å². The lowest BCUT2D eigenvalue weighted by Crippen LogP contribution is -2.46. The number of carbonyl (C=O) groups excluding carboxylic acids is 2. The summed E-state index contributed by atoms with van der Waals surface area (Å²) in [5.41, 5.74) is 6.69. The molecule has 142 valence electrons. The molecule has 2 amide bonds. The lowest BCUT2D eigenvalue weighted by atomic mass is 10.1. The third-order valence-corrected chi connectivity index (χ3v) is 5.33. The Bertz CT molecular complexity index is 645. The Labute approximate surface area is 154 Å². The van der Waals surface area contributed by atoms with Crippen LogP contribution < -0.4 is 15.6 Å². The summed E-state index contributed by atoms with van der Waals surface area (Å²) in [6.07, 6.45) is 3.45. The van der Waals surface area contributed by atoms with Crippen LogP contribution in [-0.4, -0.2) is 67.5 Å². The fraction of sp³-hybridized carbons (Fsp3) is 0.579. The highest BCUT2D eigenvalue weighted by molar-refractivity contribution is 5.94. The number of carbonyl (C=O) groups is 2. The van der Waals surface area contributed by atoms with Gasteiger partial charge in [-0.25, -0.2) is 5.43 Å². The smallest absolute Gasteiger partial charge is 0.253 e. The molecule has 2 fully saturated rings. The van der Waals surface area contributed by atoms with Crippen molar-refractivity contribution in [3.8, 4) is 5.75 Å².